The molecular weight excluding hydrogens is 642 g/mol. The molecule has 0 aliphatic carbocycles. The Balaban J connectivity index is 1.40. The molecule has 0 saturated carbocycles. The molecule has 3 aliphatic heterocycles. The Kier molecular flexibility index (Phi) is 10.4. The van der Waals surface area contributed by atoms with E-state index >= 15 is 0 Å². The van der Waals surface area contributed by atoms with E-state index in [9.17, 15) is 14.4 Å². The van der Waals surface area contributed by atoms with Crippen molar-refractivity contribution in [3.05, 3.63) is 59.2 Å². The first-order chi connectivity index (χ1) is 23.3. The van der Waals surface area contributed by atoms with Crippen LogP contribution in [0, 0.1) is 0 Å². The van der Waals surface area contributed by atoms with Crippen LogP contribution in [0.5, 0.6) is 0 Å². The van der Waals surface area contributed by atoms with Crippen LogP contribution in [0.1, 0.15) is 153 Å². The zero-order valence-electron chi connectivity index (χ0n) is 33.0. The van der Waals surface area contributed by atoms with Crippen LogP contribution in [0.4, 0.5) is 0 Å². The maximum Gasteiger partial charge on any atom is 0.339 e. The number of piperidine rings is 3. The van der Waals surface area contributed by atoms with Gasteiger partial charge >= 0.3 is 17.9 Å². The van der Waals surface area contributed by atoms with E-state index in [1.165, 1.54) is 0 Å². The first kappa shape index (κ1) is 38.9. The highest BCUT2D eigenvalue weighted by Crippen LogP contribution is 2.35. The van der Waals surface area contributed by atoms with E-state index in [4.69, 9.17) is 14.2 Å². The minimum absolute atomic E-state index is 0.144. The van der Waals surface area contributed by atoms with Crippen molar-refractivity contribution in [3.63, 3.8) is 0 Å². The van der Waals surface area contributed by atoms with Gasteiger partial charge in [0.25, 0.3) is 0 Å². The summed E-state index contributed by atoms with van der Waals surface area (Å²) in [7, 11) is 0. The summed E-state index contributed by atoms with van der Waals surface area (Å²) < 4.78 is 18.3. The molecule has 3 aliphatic rings. The number of benzene rings is 2. The fraction of sp³-hybridized carbons (Fsp3) is 0.643. The Labute approximate surface area is 305 Å². The fourth-order valence-electron chi connectivity index (χ4n) is 9.45. The summed E-state index contributed by atoms with van der Waals surface area (Å²) in [5, 5.41) is 10.9. The Morgan fingerprint density at radius 3 is 1.14 bits per heavy atom. The third-order valence-corrected chi connectivity index (χ3v) is 10.2. The van der Waals surface area contributed by atoms with E-state index in [2.05, 4.69) is 99.0 Å². The average Bonchev–Trinajstić information content (AvgIpc) is 2.91. The topological polar surface area (TPSA) is 115 Å². The smallest absolute Gasteiger partial charge is 0.339 e. The minimum Gasteiger partial charge on any atom is -0.459 e. The van der Waals surface area contributed by atoms with Crippen LogP contribution in [0.2, 0.25) is 0 Å². The van der Waals surface area contributed by atoms with Crippen LogP contribution in [0.3, 0.4) is 0 Å². The van der Waals surface area contributed by atoms with E-state index in [-0.39, 0.29) is 68.6 Å². The van der Waals surface area contributed by atoms with Crippen LogP contribution >= 0.6 is 0 Å². The summed E-state index contributed by atoms with van der Waals surface area (Å²) in [6.07, 6.45) is 3.22. The van der Waals surface area contributed by atoms with Gasteiger partial charge in [-0.1, -0.05) is 18.2 Å². The summed E-state index contributed by atoms with van der Waals surface area (Å²) in [4.78, 5) is 41.1. The Morgan fingerprint density at radius 2 is 0.765 bits per heavy atom. The second-order valence-electron chi connectivity index (χ2n) is 19.3. The van der Waals surface area contributed by atoms with E-state index in [0.717, 1.165) is 24.0 Å². The van der Waals surface area contributed by atoms with Crippen LogP contribution in [0.15, 0.2) is 42.5 Å². The molecule has 3 N–H and O–H groups in total. The molecule has 0 atom stereocenters. The summed E-state index contributed by atoms with van der Waals surface area (Å²) in [5.74, 6) is -1.46. The molecule has 9 nitrogen and oxygen atoms in total. The van der Waals surface area contributed by atoms with Gasteiger partial charge in [0.05, 0.1) is 16.7 Å². The Bertz CT molecular complexity index is 1590. The van der Waals surface area contributed by atoms with Crippen LogP contribution in [-0.4, -0.2) is 69.5 Å². The van der Waals surface area contributed by atoms with Gasteiger partial charge < -0.3 is 30.2 Å². The van der Waals surface area contributed by atoms with E-state index in [0.29, 0.717) is 31.2 Å². The Morgan fingerprint density at radius 1 is 0.451 bits per heavy atom. The number of carbonyl (C=O) groups excluding carboxylic acids is 3. The fourth-order valence-corrected chi connectivity index (χ4v) is 9.45. The maximum atomic E-state index is 14.0. The van der Waals surface area contributed by atoms with Gasteiger partial charge in [-0.05, 0) is 118 Å². The molecule has 51 heavy (non-hydrogen) atoms. The van der Waals surface area contributed by atoms with Gasteiger partial charge in [-0.15, -0.1) is 0 Å². The lowest BCUT2D eigenvalue weighted by atomic mass is 9.81. The van der Waals surface area contributed by atoms with Gasteiger partial charge in [0.15, 0.2) is 0 Å². The molecule has 5 rings (SSSR count). The molecule has 3 heterocycles. The lowest BCUT2D eigenvalue weighted by Crippen LogP contribution is -2.59. The quantitative estimate of drug-likeness (QED) is 0.197. The van der Waals surface area contributed by atoms with Crippen molar-refractivity contribution in [3.8, 4) is 11.1 Å². The number of nitrogens with one attached hydrogen (secondary N) is 3. The number of esters is 3. The summed E-state index contributed by atoms with van der Waals surface area (Å²) >= 11 is 0. The number of carbonyl (C=O) groups is 3. The van der Waals surface area contributed by atoms with Gasteiger partial charge in [-0.25, -0.2) is 14.4 Å². The van der Waals surface area contributed by atoms with Crippen molar-refractivity contribution in [2.75, 3.05) is 0 Å². The molecule has 0 spiro atoms. The summed E-state index contributed by atoms with van der Waals surface area (Å²) in [5.41, 5.74) is 1.13. The van der Waals surface area contributed by atoms with Crippen LogP contribution < -0.4 is 16.0 Å². The zero-order valence-corrected chi connectivity index (χ0v) is 33.0. The molecule has 3 saturated heterocycles. The molecule has 280 valence electrons. The third-order valence-electron chi connectivity index (χ3n) is 10.2. The number of rotatable bonds is 7. The van der Waals surface area contributed by atoms with Crippen molar-refractivity contribution in [2.45, 2.75) is 173 Å². The first-order valence-corrected chi connectivity index (χ1v) is 18.6. The molecule has 0 aromatic heterocycles. The molecule has 2 aromatic carbocycles. The van der Waals surface area contributed by atoms with Gasteiger partial charge in [0.1, 0.15) is 18.3 Å². The number of ether oxygens (including phenoxy) is 3. The molecule has 0 radical (unpaired) electrons. The van der Waals surface area contributed by atoms with Gasteiger partial charge in [-0.3, -0.25) is 0 Å². The van der Waals surface area contributed by atoms with Gasteiger partial charge in [0.2, 0.25) is 0 Å². The predicted octanol–water partition coefficient (Wildman–Crippen LogP) is 7.75. The number of hydrogen-bond acceptors (Lipinski definition) is 9. The zero-order chi connectivity index (χ0) is 37.8. The molecule has 0 unspecified atom stereocenters. The second-order valence-corrected chi connectivity index (χ2v) is 19.3. The molecule has 0 bridgehead atoms. The molecule has 2 aromatic rings. The van der Waals surface area contributed by atoms with Crippen LogP contribution in [0.25, 0.3) is 11.1 Å². The first-order valence-electron chi connectivity index (χ1n) is 18.6. The average molecular weight is 704 g/mol. The SMILES string of the molecule is CC1(C)CC(OC(=O)c2ccc(-c3ccc(C(=O)OC4CC(C)(C)NC(C)(C)C4)c(C(=O)OC4CC(C)(C)NC(C)(C)C4)c3)cc2)CC(C)(C)N1. The third kappa shape index (κ3) is 10.2. The largest absolute Gasteiger partial charge is 0.459 e. The van der Waals surface area contributed by atoms with Crippen molar-refractivity contribution >= 4 is 17.9 Å². The van der Waals surface area contributed by atoms with Crippen molar-refractivity contribution < 1.29 is 28.6 Å². The summed E-state index contributed by atoms with van der Waals surface area (Å²) in [6, 6.07) is 12.3. The lowest BCUT2D eigenvalue weighted by molar-refractivity contribution is -0.0106. The molecule has 9 heteroatoms. The van der Waals surface area contributed by atoms with Gasteiger partial charge in [0, 0.05) is 71.8 Å². The van der Waals surface area contributed by atoms with Crippen molar-refractivity contribution in [1.82, 2.24) is 16.0 Å². The normalized spacial score (nSPS) is 23.9. The highest BCUT2D eigenvalue weighted by molar-refractivity contribution is 6.04. The van der Waals surface area contributed by atoms with Crippen molar-refractivity contribution in [1.29, 1.82) is 0 Å². The lowest BCUT2D eigenvalue weighted by Gasteiger charge is -2.46. The Hall–Kier alpha value is -3.27. The monoisotopic (exact) mass is 703 g/mol. The highest BCUT2D eigenvalue weighted by Gasteiger charge is 2.42. The van der Waals surface area contributed by atoms with Gasteiger partial charge in [-0.2, -0.15) is 0 Å². The molecule has 0 amide bonds. The van der Waals surface area contributed by atoms with Crippen molar-refractivity contribution in [2.24, 2.45) is 0 Å². The van der Waals surface area contributed by atoms with E-state index in [1.807, 2.05) is 18.2 Å². The van der Waals surface area contributed by atoms with Crippen LogP contribution in [-0.2, 0) is 14.2 Å². The number of hydrogen-bond donors (Lipinski definition) is 3. The molecule has 3 fully saturated rings. The summed E-state index contributed by atoms with van der Waals surface area (Å²) in [6.45, 7) is 25.3. The van der Waals surface area contributed by atoms with E-state index < -0.39 is 11.9 Å². The maximum absolute atomic E-state index is 14.0. The van der Waals surface area contributed by atoms with E-state index in [1.54, 1.807) is 24.3 Å². The highest BCUT2D eigenvalue weighted by atomic mass is 16.6. The molecular formula is C42H61N3O6. The second kappa shape index (κ2) is 13.6. The minimum atomic E-state index is -0.554. The predicted molar refractivity (Wildman–Crippen MR) is 201 cm³/mol. The standard InChI is InChI=1S/C42H61N3O6/c1-37(2)20-29(21-38(3,4)43-37)49-34(46)27-15-13-26(14-16-27)28-17-18-32(35(47)50-30-22-39(5,6)44-40(7,8)23-30)33(19-28)36(48)51-31-24-41(9,10)45-42(11,12)25-31/h13-19,29-31,43-45H,20-25H2,1-12H3.